The summed E-state index contributed by atoms with van der Waals surface area (Å²) in [5.41, 5.74) is 2.04. The Kier molecular flexibility index (Phi) is 5.43. The van der Waals surface area contributed by atoms with Crippen molar-refractivity contribution >= 4 is 28.2 Å². The minimum atomic E-state index is -0.385. The van der Waals surface area contributed by atoms with E-state index < -0.39 is 0 Å². The lowest BCUT2D eigenvalue weighted by Crippen LogP contribution is -2.11. The van der Waals surface area contributed by atoms with E-state index in [1.165, 1.54) is 11.3 Å². The molecule has 0 saturated carbocycles. The van der Waals surface area contributed by atoms with Gasteiger partial charge in [0.15, 0.2) is 5.69 Å². The molecule has 0 fully saturated rings. The molecule has 3 rings (SSSR count). The number of nitrogens with zero attached hydrogens (tertiary/aromatic N) is 3. The van der Waals surface area contributed by atoms with Crippen LogP contribution in [0.3, 0.4) is 0 Å². The standard InChI is InChI=1S/C18H18N4O3S/c1-3-25-18(24)16-12(2)9-15(26-16)19-17(23)14-11-22(21-20-14)10-13-7-5-4-6-8-13/h4-9,11H,3,10H2,1-2H3,(H,19,23). The number of amides is 1. The second kappa shape index (κ2) is 7.92. The van der Waals surface area contributed by atoms with Gasteiger partial charge in [-0.05, 0) is 31.0 Å². The van der Waals surface area contributed by atoms with Crippen molar-refractivity contribution in [3.05, 3.63) is 64.3 Å². The summed E-state index contributed by atoms with van der Waals surface area (Å²) in [6, 6.07) is 11.5. The number of rotatable bonds is 6. The Morgan fingerprint density at radius 1 is 1.27 bits per heavy atom. The molecule has 134 valence electrons. The number of aryl methyl sites for hydroxylation is 1. The molecular formula is C18H18N4O3S. The van der Waals surface area contributed by atoms with Gasteiger partial charge in [-0.2, -0.15) is 0 Å². The van der Waals surface area contributed by atoms with Gasteiger partial charge in [-0.25, -0.2) is 9.48 Å². The summed E-state index contributed by atoms with van der Waals surface area (Å²) in [5, 5.41) is 11.2. The smallest absolute Gasteiger partial charge is 0.348 e. The van der Waals surface area contributed by atoms with Gasteiger partial charge in [0.1, 0.15) is 4.88 Å². The summed E-state index contributed by atoms with van der Waals surface area (Å²) in [6.45, 7) is 4.39. The summed E-state index contributed by atoms with van der Waals surface area (Å²) >= 11 is 1.18. The number of aromatic nitrogens is 3. The average Bonchev–Trinajstić information content (AvgIpc) is 3.23. The van der Waals surface area contributed by atoms with Crippen LogP contribution in [0.25, 0.3) is 0 Å². The molecule has 2 aromatic heterocycles. The molecule has 0 aliphatic heterocycles. The van der Waals surface area contributed by atoms with Crippen molar-refractivity contribution < 1.29 is 14.3 Å². The molecule has 7 nitrogen and oxygen atoms in total. The van der Waals surface area contributed by atoms with E-state index in [-0.39, 0.29) is 17.6 Å². The molecule has 0 unspecified atom stereocenters. The van der Waals surface area contributed by atoms with Crippen molar-refractivity contribution in [1.82, 2.24) is 15.0 Å². The topological polar surface area (TPSA) is 86.1 Å². The largest absolute Gasteiger partial charge is 0.462 e. The lowest BCUT2D eigenvalue weighted by atomic mass is 10.2. The van der Waals surface area contributed by atoms with Crippen molar-refractivity contribution in [3.8, 4) is 0 Å². The Hall–Kier alpha value is -3.00. The van der Waals surface area contributed by atoms with Crippen LogP contribution in [0.2, 0.25) is 0 Å². The zero-order valence-corrected chi connectivity index (χ0v) is 15.2. The highest BCUT2D eigenvalue weighted by molar-refractivity contribution is 7.18. The first-order valence-electron chi connectivity index (χ1n) is 8.09. The van der Waals surface area contributed by atoms with E-state index in [2.05, 4.69) is 15.6 Å². The van der Waals surface area contributed by atoms with Crippen LogP contribution in [0, 0.1) is 6.92 Å². The number of thiophene rings is 1. The monoisotopic (exact) mass is 370 g/mol. The van der Waals surface area contributed by atoms with Crippen LogP contribution in [0.15, 0.2) is 42.6 Å². The van der Waals surface area contributed by atoms with Crippen molar-refractivity contribution in [2.75, 3.05) is 11.9 Å². The third kappa shape index (κ3) is 4.15. The maximum atomic E-state index is 12.4. The van der Waals surface area contributed by atoms with E-state index in [4.69, 9.17) is 4.74 Å². The van der Waals surface area contributed by atoms with Crippen LogP contribution in [0.5, 0.6) is 0 Å². The summed E-state index contributed by atoms with van der Waals surface area (Å²) in [5.74, 6) is -0.759. The first kappa shape index (κ1) is 17.8. The Morgan fingerprint density at radius 2 is 2.04 bits per heavy atom. The molecule has 0 atom stereocenters. The zero-order valence-electron chi connectivity index (χ0n) is 14.4. The van der Waals surface area contributed by atoms with Gasteiger partial charge in [-0.3, -0.25) is 4.79 Å². The third-order valence-electron chi connectivity index (χ3n) is 3.57. The van der Waals surface area contributed by atoms with E-state index >= 15 is 0 Å². The molecule has 0 aliphatic carbocycles. The number of ether oxygens (including phenoxy) is 1. The van der Waals surface area contributed by atoms with Gasteiger partial charge >= 0.3 is 5.97 Å². The fourth-order valence-electron chi connectivity index (χ4n) is 2.37. The molecule has 2 heterocycles. The number of benzene rings is 1. The third-order valence-corrected chi connectivity index (χ3v) is 4.71. The van der Waals surface area contributed by atoms with E-state index in [0.29, 0.717) is 23.0 Å². The molecule has 1 N–H and O–H groups in total. The summed E-state index contributed by atoms with van der Waals surface area (Å²) in [4.78, 5) is 24.7. The fourth-order valence-corrected chi connectivity index (χ4v) is 3.33. The molecule has 8 heteroatoms. The molecule has 1 aromatic carbocycles. The number of esters is 1. The zero-order chi connectivity index (χ0) is 18.5. The molecule has 0 aliphatic rings. The number of anilines is 1. The Labute approximate surface area is 154 Å². The van der Waals surface area contributed by atoms with Crippen LogP contribution in [-0.2, 0) is 11.3 Å². The minimum absolute atomic E-state index is 0.213. The molecule has 26 heavy (non-hydrogen) atoms. The maximum Gasteiger partial charge on any atom is 0.348 e. The molecule has 0 bridgehead atoms. The second-order valence-electron chi connectivity index (χ2n) is 5.58. The van der Waals surface area contributed by atoms with Crippen LogP contribution < -0.4 is 5.32 Å². The lowest BCUT2D eigenvalue weighted by molar-refractivity contribution is 0.0531. The van der Waals surface area contributed by atoms with Crippen LogP contribution >= 0.6 is 11.3 Å². The molecule has 1 amide bonds. The van der Waals surface area contributed by atoms with Gasteiger partial charge in [0.2, 0.25) is 0 Å². The van der Waals surface area contributed by atoms with Gasteiger partial charge in [-0.1, -0.05) is 35.5 Å². The highest BCUT2D eigenvalue weighted by atomic mass is 32.1. The highest BCUT2D eigenvalue weighted by Crippen LogP contribution is 2.27. The maximum absolute atomic E-state index is 12.4. The van der Waals surface area contributed by atoms with E-state index in [9.17, 15) is 9.59 Å². The fraction of sp³-hybridized carbons (Fsp3) is 0.222. The van der Waals surface area contributed by atoms with E-state index in [1.807, 2.05) is 30.3 Å². The van der Waals surface area contributed by atoms with Crippen LogP contribution in [0.1, 0.15) is 38.2 Å². The van der Waals surface area contributed by atoms with Crippen molar-refractivity contribution in [1.29, 1.82) is 0 Å². The highest BCUT2D eigenvalue weighted by Gasteiger charge is 2.17. The molecule has 3 aromatic rings. The molecular weight excluding hydrogens is 352 g/mol. The van der Waals surface area contributed by atoms with Gasteiger partial charge in [-0.15, -0.1) is 16.4 Å². The normalized spacial score (nSPS) is 10.5. The van der Waals surface area contributed by atoms with E-state index in [1.54, 1.807) is 30.8 Å². The van der Waals surface area contributed by atoms with Gasteiger partial charge in [0.25, 0.3) is 5.91 Å². The van der Waals surface area contributed by atoms with Gasteiger partial charge in [0, 0.05) is 0 Å². The summed E-state index contributed by atoms with van der Waals surface area (Å²) in [6.07, 6.45) is 1.59. The number of hydrogen-bond donors (Lipinski definition) is 1. The molecule has 0 saturated heterocycles. The van der Waals surface area contributed by atoms with Crippen LogP contribution in [-0.4, -0.2) is 33.5 Å². The first-order valence-corrected chi connectivity index (χ1v) is 8.91. The van der Waals surface area contributed by atoms with Gasteiger partial charge < -0.3 is 10.1 Å². The quantitative estimate of drug-likeness (QED) is 0.674. The molecule has 0 radical (unpaired) electrons. The number of hydrogen-bond acceptors (Lipinski definition) is 6. The van der Waals surface area contributed by atoms with Crippen molar-refractivity contribution in [3.63, 3.8) is 0 Å². The van der Waals surface area contributed by atoms with Crippen molar-refractivity contribution in [2.24, 2.45) is 0 Å². The second-order valence-corrected chi connectivity index (χ2v) is 6.64. The number of carbonyl (C=O) groups excluding carboxylic acids is 2. The van der Waals surface area contributed by atoms with Crippen molar-refractivity contribution in [2.45, 2.75) is 20.4 Å². The minimum Gasteiger partial charge on any atom is -0.462 e. The SMILES string of the molecule is CCOC(=O)c1sc(NC(=O)c2cn(Cc3ccccc3)nn2)cc1C. The Balaban J connectivity index is 1.67. The van der Waals surface area contributed by atoms with Crippen LogP contribution in [0.4, 0.5) is 5.00 Å². The number of carbonyl (C=O) groups is 2. The Bertz CT molecular complexity index is 918. The predicted octanol–water partition coefficient (Wildman–Crippen LogP) is 3.13. The van der Waals surface area contributed by atoms with E-state index in [0.717, 1.165) is 11.1 Å². The van der Waals surface area contributed by atoms with Gasteiger partial charge in [0.05, 0.1) is 24.3 Å². The average molecular weight is 370 g/mol. The number of nitrogens with one attached hydrogen (secondary N) is 1. The molecule has 0 spiro atoms. The summed E-state index contributed by atoms with van der Waals surface area (Å²) in [7, 11) is 0. The Morgan fingerprint density at radius 3 is 2.77 bits per heavy atom. The lowest BCUT2D eigenvalue weighted by Gasteiger charge is -2.00. The summed E-state index contributed by atoms with van der Waals surface area (Å²) < 4.78 is 6.61. The predicted molar refractivity (Wildman–Crippen MR) is 98.5 cm³/mol. The first-order chi connectivity index (χ1) is 12.6.